The van der Waals surface area contributed by atoms with Gasteiger partial charge in [0.05, 0.1) is 42.2 Å². The van der Waals surface area contributed by atoms with E-state index in [1.165, 1.54) is 33.3 Å². The number of carbonyl (C=O) groups is 3. The second-order valence-electron chi connectivity index (χ2n) is 6.69. The number of ether oxygens (including phenoxy) is 2. The molecule has 0 unspecified atom stereocenters. The number of hydrogen-bond donors (Lipinski definition) is 0. The van der Waals surface area contributed by atoms with Crippen LogP contribution in [0.2, 0.25) is 0 Å². The number of para-hydroxylation sites is 1. The molecule has 0 spiro atoms. The van der Waals surface area contributed by atoms with Crippen molar-refractivity contribution < 1.29 is 23.9 Å². The Morgan fingerprint density at radius 1 is 0.966 bits per heavy atom. The average Bonchev–Trinajstić information content (AvgIpc) is 2.98. The molecule has 0 saturated carbocycles. The lowest BCUT2D eigenvalue weighted by molar-refractivity contribution is 0.0926. The van der Waals surface area contributed by atoms with Crippen molar-refractivity contribution in [2.24, 2.45) is 0 Å². The van der Waals surface area contributed by atoms with E-state index >= 15 is 0 Å². The second-order valence-corrected chi connectivity index (χ2v) is 6.69. The molecule has 0 atom stereocenters. The number of carbonyl (C=O) groups excluding carboxylic acids is 3. The van der Waals surface area contributed by atoms with Gasteiger partial charge in [-0.3, -0.25) is 19.4 Å². The lowest BCUT2D eigenvalue weighted by Gasteiger charge is -2.19. The van der Waals surface area contributed by atoms with Crippen molar-refractivity contribution in [3.05, 3.63) is 58.8 Å². The highest BCUT2D eigenvalue weighted by Crippen LogP contribution is 2.40. The van der Waals surface area contributed by atoms with E-state index < -0.39 is 11.8 Å². The van der Waals surface area contributed by atoms with Crippen molar-refractivity contribution in [1.82, 2.24) is 4.98 Å². The summed E-state index contributed by atoms with van der Waals surface area (Å²) in [7, 11) is 2.89. The summed E-state index contributed by atoms with van der Waals surface area (Å²) < 4.78 is 10.6. The van der Waals surface area contributed by atoms with Gasteiger partial charge in [-0.05, 0) is 26.0 Å². The molecule has 29 heavy (non-hydrogen) atoms. The third kappa shape index (κ3) is 2.66. The number of Topliss-reactive ketones (excluding diaryl/α,β-unsaturated/α-hetero) is 1. The SMILES string of the molecule is COc1cc(C(C)=O)c(N2C(=O)c3c(C)nc4ccccc4c3C2=O)cc1OC. The number of methoxy groups -OCH3 is 2. The van der Waals surface area contributed by atoms with Crippen LogP contribution in [0.4, 0.5) is 5.69 Å². The van der Waals surface area contributed by atoms with Crippen molar-refractivity contribution in [1.29, 1.82) is 0 Å². The predicted octanol–water partition coefficient (Wildman–Crippen LogP) is 3.56. The maximum absolute atomic E-state index is 13.4. The fraction of sp³-hybridized carbons (Fsp3) is 0.182. The highest BCUT2D eigenvalue weighted by atomic mass is 16.5. The van der Waals surface area contributed by atoms with Gasteiger partial charge in [-0.25, -0.2) is 4.90 Å². The van der Waals surface area contributed by atoms with E-state index in [-0.39, 0.29) is 22.6 Å². The first-order valence-electron chi connectivity index (χ1n) is 8.94. The van der Waals surface area contributed by atoms with E-state index in [2.05, 4.69) is 4.98 Å². The van der Waals surface area contributed by atoms with Gasteiger partial charge in [-0.2, -0.15) is 0 Å². The molecule has 2 heterocycles. The van der Waals surface area contributed by atoms with Crippen molar-refractivity contribution in [2.45, 2.75) is 13.8 Å². The summed E-state index contributed by atoms with van der Waals surface area (Å²) in [6, 6.07) is 10.1. The Hall–Kier alpha value is -3.74. The molecule has 1 aromatic heterocycles. The molecule has 0 bridgehead atoms. The van der Waals surface area contributed by atoms with Gasteiger partial charge in [0.15, 0.2) is 17.3 Å². The lowest BCUT2D eigenvalue weighted by Crippen LogP contribution is -2.31. The molecule has 2 amide bonds. The summed E-state index contributed by atoms with van der Waals surface area (Å²) in [6.07, 6.45) is 0. The molecule has 0 radical (unpaired) electrons. The Morgan fingerprint density at radius 3 is 2.24 bits per heavy atom. The highest BCUT2D eigenvalue weighted by molar-refractivity contribution is 6.38. The summed E-state index contributed by atoms with van der Waals surface area (Å²) in [5, 5.41) is 0.596. The fourth-order valence-electron chi connectivity index (χ4n) is 3.69. The number of aromatic nitrogens is 1. The number of nitrogens with zero attached hydrogens (tertiary/aromatic N) is 2. The number of imide groups is 1. The zero-order chi connectivity index (χ0) is 20.9. The van der Waals surface area contributed by atoms with Crippen LogP contribution < -0.4 is 14.4 Å². The van der Waals surface area contributed by atoms with Crippen molar-refractivity contribution in [2.75, 3.05) is 19.1 Å². The Labute approximate surface area is 166 Å². The largest absolute Gasteiger partial charge is 0.493 e. The van der Waals surface area contributed by atoms with Gasteiger partial charge >= 0.3 is 0 Å². The molecule has 4 rings (SSSR count). The zero-order valence-corrected chi connectivity index (χ0v) is 16.4. The fourth-order valence-corrected chi connectivity index (χ4v) is 3.69. The number of fused-ring (bicyclic) bond motifs is 3. The van der Waals surface area contributed by atoms with Crippen molar-refractivity contribution in [3.8, 4) is 11.5 Å². The van der Waals surface area contributed by atoms with Crippen LogP contribution in [0.15, 0.2) is 36.4 Å². The summed E-state index contributed by atoms with van der Waals surface area (Å²) >= 11 is 0. The van der Waals surface area contributed by atoms with E-state index in [0.717, 1.165) is 4.90 Å². The maximum atomic E-state index is 13.4. The van der Waals surface area contributed by atoms with Crippen LogP contribution in [0.3, 0.4) is 0 Å². The predicted molar refractivity (Wildman–Crippen MR) is 107 cm³/mol. The monoisotopic (exact) mass is 390 g/mol. The summed E-state index contributed by atoms with van der Waals surface area (Å²) in [5.74, 6) is -0.681. The van der Waals surface area contributed by atoms with Crippen LogP contribution in [-0.2, 0) is 0 Å². The van der Waals surface area contributed by atoms with Gasteiger partial charge in [0.1, 0.15) is 0 Å². The molecular formula is C22H18N2O5. The van der Waals surface area contributed by atoms with Gasteiger partial charge in [0, 0.05) is 17.0 Å². The smallest absolute Gasteiger partial charge is 0.268 e. The van der Waals surface area contributed by atoms with Crippen LogP contribution in [0, 0.1) is 6.92 Å². The molecule has 0 N–H and O–H groups in total. The molecular weight excluding hydrogens is 372 g/mol. The number of rotatable bonds is 4. The van der Waals surface area contributed by atoms with E-state index in [1.54, 1.807) is 25.1 Å². The van der Waals surface area contributed by atoms with Gasteiger partial charge in [-0.1, -0.05) is 18.2 Å². The number of amides is 2. The van der Waals surface area contributed by atoms with Crippen LogP contribution >= 0.6 is 0 Å². The first kappa shape index (κ1) is 18.6. The molecule has 3 aromatic rings. The number of ketones is 1. The maximum Gasteiger partial charge on any atom is 0.268 e. The summed E-state index contributed by atoms with van der Waals surface area (Å²) in [5.41, 5.74) is 1.98. The van der Waals surface area contributed by atoms with E-state index in [1.807, 2.05) is 6.07 Å². The third-order valence-electron chi connectivity index (χ3n) is 5.03. The molecule has 0 saturated heterocycles. The molecule has 7 heteroatoms. The van der Waals surface area contributed by atoms with Gasteiger partial charge in [0.25, 0.3) is 11.8 Å². The van der Waals surface area contributed by atoms with Gasteiger partial charge in [0.2, 0.25) is 0 Å². The molecule has 0 fully saturated rings. The first-order valence-corrected chi connectivity index (χ1v) is 8.94. The highest BCUT2D eigenvalue weighted by Gasteiger charge is 2.41. The average molecular weight is 390 g/mol. The number of benzene rings is 2. The van der Waals surface area contributed by atoms with E-state index in [0.29, 0.717) is 33.7 Å². The van der Waals surface area contributed by atoms with Gasteiger partial charge in [-0.15, -0.1) is 0 Å². The minimum absolute atomic E-state index is 0.157. The first-order chi connectivity index (χ1) is 13.9. The quantitative estimate of drug-likeness (QED) is 0.500. The van der Waals surface area contributed by atoms with Crippen LogP contribution in [-0.4, -0.2) is 36.8 Å². The number of anilines is 1. The number of pyridine rings is 1. The van der Waals surface area contributed by atoms with Crippen LogP contribution in [0.25, 0.3) is 10.9 Å². The third-order valence-corrected chi connectivity index (χ3v) is 5.03. The zero-order valence-electron chi connectivity index (χ0n) is 16.4. The molecule has 146 valence electrons. The Kier molecular flexibility index (Phi) is 4.30. The topological polar surface area (TPSA) is 85.8 Å². The number of aryl methyl sites for hydroxylation is 1. The Morgan fingerprint density at radius 2 is 1.59 bits per heavy atom. The molecule has 7 nitrogen and oxygen atoms in total. The Balaban J connectivity index is 1.99. The summed E-state index contributed by atoms with van der Waals surface area (Å²) in [6.45, 7) is 3.06. The van der Waals surface area contributed by atoms with Crippen LogP contribution in [0.1, 0.15) is 43.7 Å². The molecule has 2 aromatic carbocycles. The Bertz CT molecular complexity index is 1220. The number of hydrogen-bond acceptors (Lipinski definition) is 6. The van der Waals surface area contributed by atoms with Crippen LogP contribution in [0.5, 0.6) is 11.5 Å². The second kappa shape index (κ2) is 6.70. The minimum Gasteiger partial charge on any atom is -0.493 e. The standard InChI is InChI=1S/C22H18N2O5/c1-11-19-20(13-7-5-6-8-15(13)23-11)22(27)24(21(19)26)16-10-18(29-4)17(28-3)9-14(16)12(2)25/h5-10H,1-4H3. The molecule has 0 aliphatic carbocycles. The van der Waals surface area contributed by atoms with Crippen molar-refractivity contribution >= 4 is 34.2 Å². The normalized spacial score (nSPS) is 13.0. The van der Waals surface area contributed by atoms with Crippen molar-refractivity contribution in [3.63, 3.8) is 0 Å². The minimum atomic E-state index is -0.518. The molecule has 1 aliphatic rings. The lowest BCUT2D eigenvalue weighted by atomic mass is 10.0. The van der Waals surface area contributed by atoms with Gasteiger partial charge < -0.3 is 9.47 Å². The van der Waals surface area contributed by atoms with E-state index in [4.69, 9.17) is 9.47 Å². The molecule has 1 aliphatic heterocycles. The summed E-state index contributed by atoms with van der Waals surface area (Å²) in [4.78, 5) is 44.5. The van der Waals surface area contributed by atoms with E-state index in [9.17, 15) is 14.4 Å².